The van der Waals surface area contributed by atoms with Crippen LogP contribution in [-0.2, 0) is 6.54 Å². The van der Waals surface area contributed by atoms with Crippen molar-refractivity contribution in [3.8, 4) is 11.8 Å². The van der Waals surface area contributed by atoms with Crippen LogP contribution in [0, 0.1) is 11.8 Å². The highest BCUT2D eigenvalue weighted by Crippen LogP contribution is 2.24. The summed E-state index contributed by atoms with van der Waals surface area (Å²) in [6.07, 6.45) is 2.87. The molecule has 0 saturated heterocycles. The normalized spacial score (nSPS) is 16.4. The largest absolute Gasteiger partial charge is 0.439 e. The summed E-state index contributed by atoms with van der Waals surface area (Å²) in [5.74, 6) is 7.88. The molecule has 0 fully saturated rings. The van der Waals surface area contributed by atoms with Crippen molar-refractivity contribution in [2.75, 3.05) is 26.2 Å². The van der Waals surface area contributed by atoms with Crippen LogP contribution >= 0.6 is 0 Å². The predicted molar refractivity (Wildman–Crippen MR) is 124 cm³/mol. The second-order valence-electron chi connectivity index (χ2n) is 8.14. The number of aliphatic imine (C=N–C) groups is 1. The number of oxazole rings is 1. The van der Waals surface area contributed by atoms with Crippen LogP contribution in [0.1, 0.15) is 18.1 Å². The van der Waals surface area contributed by atoms with Crippen molar-refractivity contribution < 1.29 is 4.42 Å². The number of fused-ring (bicyclic) bond motifs is 2. The number of nitrogens with one attached hydrogen (secondary N) is 1. The Balaban J connectivity index is 1.09. The zero-order chi connectivity index (χ0) is 21.3. The summed E-state index contributed by atoms with van der Waals surface area (Å²) >= 11 is 0. The molecule has 7 heteroatoms. The third kappa shape index (κ3) is 3.77. The lowest BCUT2D eigenvalue weighted by atomic mass is 10.0. The first-order chi connectivity index (χ1) is 15.8. The van der Waals surface area contributed by atoms with Crippen LogP contribution in [0.3, 0.4) is 0 Å². The van der Waals surface area contributed by atoms with Gasteiger partial charge in [-0.1, -0.05) is 30.2 Å². The molecule has 0 atom stereocenters. The number of hydrogen-bond acceptors (Lipinski definition) is 6. The topological polar surface area (TPSA) is 73.6 Å². The Morgan fingerprint density at radius 3 is 2.78 bits per heavy atom. The van der Waals surface area contributed by atoms with Crippen molar-refractivity contribution in [1.82, 2.24) is 24.8 Å². The highest BCUT2D eigenvalue weighted by Gasteiger charge is 2.23. The maximum atomic E-state index is 5.88. The van der Waals surface area contributed by atoms with E-state index in [0.717, 1.165) is 54.0 Å². The minimum Gasteiger partial charge on any atom is -0.439 e. The molecular formula is C25H22N6O. The average Bonchev–Trinajstić information content (AvgIpc) is 3.41. The maximum absolute atomic E-state index is 5.88. The Morgan fingerprint density at radius 2 is 1.88 bits per heavy atom. The molecular weight excluding hydrogens is 400 g/mol. The Bertz CT molecular complexity index is 1350. The molecule has 0 radical (unpaired) electrons. The van der Waals surface area contributed by atoms with E-state index in [9.17, 15) is 0 Å². The predicted octanol–water partition coefficient (Wildman–Crippen LogP) is 3.56. The van der Waals surface area contributed by atoms with Crippen molar-refractivity contribution >= 4 is 28.5 Å². The third-order valence-corrected chi connectivity index (χ3v) is 5.83. The quantitative estimate of drug-likeness (QED) is 0.511. The maximum Gasteiger partial charge on any atom is 0.215 e. The summed E-state index contributed by atoms with van der Waals surface area (Å²) in [6.45, 7) is 4.01. The molecule has 0 spiro atoms. The van der Waals surface area contributed by atoms with Crippen LogP contribution in [0.4, 0.5) is 0 Å². The fourth-order valence-corrected chi connectivity index (χ4v) is 4.26. The molecule has 6 rings (SSSR count). The van der Waals surface area contributed by atoms with Gasteiger partial charge in [-0.25, -0.2) is 15.0 Å². The number of hydrogen-bond donors (Lipinski definition) is 1. The molecule has 158 valence electrons. The van der Waals surface area contributed by atoms with Crippen LogP contribution in [0.15, 0.2) is 69.2 Å². The van der Waals surface area contributed by atoms with Gasteiger partial charge in [0.15, 0.2) is 11.4 Å². The summed E-state index contributed by atoms with van der Waals surface area (Å²) in [4.78, 5) is 21.6. The van der Waals surface area contributed by atoms with Crippen LogP contribution in [0.5, 0.6) is 0 Å². The van der Waals surface area contributed by atoms with Crippen molar-refractivity contribution in [3.05, 3.63) is 71.5 Å². The molecule has 4 heterocycles. The van der Waals surface area contributed by atoms with Gasteiger partial charge in [-0.2, -0.15) is 0 Å². The number of benzene rings is 2. The molecule has 2 aromatic heterocycles. The van der Waals surface area contributed by atoms with E-state index in [1.54, 1.807) is 0 Å². The summed E-state index contributed by atoms with van der Waals surface area (Å²) in [5, 5.41) is 0. The molecule has 1 N–H and O–H groups in total. The van der Waals surface area contributed by atoms with E-state index in [-0.39, 0.29) is 0 Å². The van der Waals surface area contributed by atoms with E-state index in [1.807, 2.05) is 54.9 Å². The second kappa shape index (κ2) is 7.98. The summed E-state index contributed by atoms with van der Waals surface area (Å²) in [5.41, 5.74) is 6.24. The van der Waals surface area contributed by atoms with Gasteiger partial charge in [0.05, 0.1) is 30.5 Å². The van der Waals surface area contributed by atoms with E-state index in [2.05, 4.69) is 36.6 Å². The standard InChI is InChI=1S/C25H22N6O/c1-2-7-21-20(6-1)27-24(28-21)10-5-12-30-13-11-19-18(14-30)15-31(17-26-19)16-25-29-22-8-3-4-9-23(22)32-25/h1-4,6-9,17H,11-16H2,(H,27,28). The Kier molecular flexibility index (Phi) is 4.70. The number of imidazole rings is 1. The monoisotopic (exact) mass is 422 g/mol. The number of nitrogens with zero attached hydrogens (tertiary/aromatic N) is 5. The van der Waals surface area contributed by atoms with Crippen molar-refractivity contribution in [2.24, 2.45) is 4.99 Å². The summed E-state index contributed by atoms with van der Waals surface area (Å²) in [7, 11) is 0. The van der Waals surface area contributed by atoms with Gasteiger partial charge in [0.25, 0.3) is 0 Å². The van der Waals surface area contributed by atoms with Gasteiger partial charge in [-0.05, 0) is 35.8 Å². The molecule has 4 aromatic rings. The molecule has 0 unspecified atom stereocenters. The van der Waals surface area contributed by atoms with E-state index < -0.39 is 0 Å². The molecule has 0 aliphatic carbocycles. The third-order valence-electron chi connectivity index (χ3n) is 5.83. The Morgan fingerprint density at radius 1 is 1.00 bits per heavy atom. The average molecular weight is 422 g/mol. The Labute approximate surface area is 185 Å². The second-order valence-corrected chi connectivity index (χ2v) is 8.14. The lowest BCUT2D eigenvalue weighted by molar-refractivity contribution is 0.295. The first-order valence-electron chi connectivity index (χ1n) is 10.8. The van der Waals surface area contributed by atoms with Gasteiger partial charge in [0.1, 0.15) is 5.52 Å². The molecule has 7 nitrogen and oxygen atoms in total. The van der Waals surface area contributed by atoms with Crippen molar-refractivity contribution in [3.63, 3.8) is 0 Å². The highest BCUT2D eigenvalue weighted by atomic mass is 16.3. The first kappa shape index (κ1) is 18.8. The number of rotatable bonds is 3. The van der Waals surface area contributed by atoms with Gasteiger partial charge in [0, 0.05) is 31.8 Å². The lowest BCUT2D eigenvalue weighted by Gasteiger charge is -2.33. The smallest absolute Gasteiger partial charge is 0.215 e. The Hall–Kier alpha value is -3.89. The molecule has 2 aliphatic rings. The van der Waals surface area contributed by atoms with Gasteiger partial charge in [0.2, 0.25) is 5.89 Å². The molecule has 0 saturated carbocycles. The fourth-order valence-electron chi connectivity index (χ4n) is 4.26. The highest BCUT2D eigenvalue weighted by molar-refractivity contribution is 5.75. The summed E-state index contributed by atoms with van der Waals surface area (Å²) < 4.78 is 5.88. The molecule has 32 heavy (non-hydrogen) atoms. The minimum absolute atomic E-state index is 0.612. The van der Waals surface area contributed by atoms with E-state index in [0.29, 0.717) is 19.0 Å². The minimum atomic E-state index is 0.612. The zero-order valence-electron chi connectivity index (χ0n) is 17.6. The van der Waals surface area contributed by atoms with Gasteiger partial charge in [-0.3, -0.25) is 4.90 Å². The fraction of sp³-hybridized carbons (Fsp3) is 0.240. The van der Waals surface area contributed by atoms with Crippen molar-refractivity contribution in [2.45, 2.75) is 13.0 Å². The van der Waals surface area contributed by atoms with Gasteiger partial charge in [-0.15, -0.1) is 0 Å². The molecule has 2 aromatic carbocycles. The van der Waals surface area contributed by atoms with Crippen molar-refractivity contribution in [1.29, 1.82) is 0 Å². The van der Waals surface area contributed by atoms with Gasteiger partial charge >= 0.3 is 0 Å². The van der Waals surface area contributed by atoms with Gasteiger partial charge < -0.3 is 14.3 Å². The SMILES string of the molecule is C(#Cc1nc2ccccc2[nH]1)CN1CCC2=C(CN(Cc3nc4ccccc4o3)C=N2)C1. The number of para-hydroxylation sites is 4. The number of aromatic amines is 1. The number of H-pyrrole nitrogens is 1. The number of aromatic nitrogens is 3. The molecule has 0 bridgehead atoms. The first-order valence-corrected chi connectivity index (χ1v) is 10.8. The van der Waals surface area contributed by atoms with Crippen LogP contribution < -0.4 is 0 Å². The molecule has 0 amide bonds. The summed E-state index contributed by atoms with van der Waals surface area (Å²) in [6, 6.07) is 15.8. The van der Waals surface area contributed by atoms with Crippen LogP contribution in [-0.4, -0.2) is 57.3 Å². The molecule has 2 aliphatic heterocycles. The van der Waals surface area contributed by atoms with E-state index in [4.69, 9.17) is 9.41 Å². The van der Waals surface area contributed by atoms with Crippen LogP contribution in [0.25, 0.3) is 22.1 Å². The lowest BCUT2D eigenvalue weighted by Crippen LogP contribution is -2.38. The zero-order valence-corrected chi connectivity index (χ0v) is 17.6. The van der Waals surface area contributed by atoms with E-state index in [1.165, 1.54) is 11.3 Å². The van der Waals surface area contributed by atoms with Crippen LogP contribution in [0.2, 0.25) is 0 Å². The van der Waals surface area contributed by atoms with E-state index >= 15 is 0 Å².